The fourth-order valence-electron chi connectivity index (χ4n) is 4.54. The standard InChI is InChI=1S/C11H27N3O3Si.C10H25N3O3Si.C9H23N3O3Si/c1-13(2)11(14(3)4)12-9-8-10-18(15-5,16-6)17-7;1-12(2)10(13(3)4)11-8-9-17(14-5,15-6)16-7;1-11(2)9(12(3)4)10-8-16(13-5,14-6)15-7/h8-10H2,1-7H3;8-9H2,1-7H3;8H2,1-7H3. The lowest BCUT2D eigenvalue weighted by Gasteiger charge is -2.26. The summed E-state index contributed by atoms with van der Waals surface area (Å²) in [5, 5.41) is 0. The SMILES string of the molecule is CO[Si](CCCN=C(N(C)C)N(C)C)(OC)OC.CO[Si](CCN=C(N(C)C)N(C)C)(OC)OC.CO[Si](CN=C(N(C)C)N(C)C)(OC)OC. The molecule has 0 aliphatic heterocycles. The van der Waals surface area contributed by atoms with Crippen LogP contribution in [-0.4, -0.2) is 242 Å². The molecule has 0 spiro atoms. The van der Waals surface area contributed by atoms with Gasteiger partial charge in [0.25, 0.3) is 0 Å². The Labute approximate surface area is 314 Å². The van der Waals surface area contributed by atoms with Crippen molar-refractivity contribution in [1.82, 2.24) is 29.4 Å². The molecule has 0 radical (unpaired) electrons. The molecular weight excluding hydrogens is 715 g/mol. The summed E-state index contributed by atoms with van der Waals surface area (Å²) >= 11 is 0. The fourth-order valence-corrected chi connectivity index (χ4v) is 8.96. The molecule has 0 heterocycles. The van der Waals surface area contributed by atoms with E-state index < -0.39 is 26.4 Å². The average molecular weight is 790 g/mol. The molecule has 18 nitrogen and oxygen atoms in total. The summed E-state index contributed by atoms with van der Waals surface area (Å²) in [6, 6.07) is 1.44. The molecule has 0 aromatic carbocycles. The van der Waals surface area contributed by atoms with Crippen LogP contribution < -0.4 is 0 Å². The Balaban J connectivity index is -0.000000679. The van der Waals surface area contributed by atoms with E-state index in [1.165, 1.54) is 0 Å². The van der Waals surface area contributed by atoms with Crippen LogP contribution in [0.1, 0.15) is 6.42 Å². The van der Waals surface area contributed by atoms with E-state index in [1.807, 2.05) is 114 Å². The highest BCUT2D eigenvalue weighted by Gasteiger charge is 2.39. The van der Waals surface area contributed by atoms with Crippen molar-refractivity contribution in [1.29, 1.82) is 0 Å². The third-order valence-electron chi connectivity index (χ3n) is 7.18. The fraction of sp³-hybridized carbons (Fsp3) is 0.900. The minimum absolute atomic E-state index is 0.405. The van der Waals surface area contributed by atoms with Crippen molar-refractivity contribution in [2.24, 2.45) is 15.0 Å². The molecule has 21 heteroatoms. The van der Waals surface area contributed by atoms with Gasteiger partial charge in [0.1, 0.15) is 6.17 Å². The molecule has 0 aliphatic carbocycles. The van der Waals surface area contributed by atoms with Crippen molar-refractivity contribution in [3.8, 4) is 0 Å². The number of rotatable bonds is 18. The first-order valence-corrected chi connectivity index (χ1v) is 22.2. The van der Waals surface area contributed by atoms with Crippen LogP contribution in [-0.2, 0) is 39.8 Å². The lowest BCUT2D eigenvalue weighted by atomic mass is 10.5. The molecule has 0 aliphatic rings. The average Bonchev–Trinajstić information content (AvgIpc) is 3.09. The van der Waals surface area contributed by atoms with Crippen LogP contribution in [0.25, 0.3) is 0 Å². The number of nitrogens with zero attached hydrogens (tertiary/aromatic N) is 9. The quantitative estimate of drug-likeness (QED) is 0.0843. The van der Waals surface area contributed by atoms with E-state index in [1.54, 1.807) is 64.0 Å². The molecule has 0 aromatic rings. The monoisotopic (exact) mass is 789 g/mol. The second-order valence-corrected chi connectivity index (χ2v) is 21.2. The molecular formula is C30H75N9O9Si3. The summed E-state index contributed by atoms with van der Waals surface area (Å²) in [5.74, 6) is 2.72. The Morgan fingerprint density at radius 3 is 0.882 bits per heavy atom. The van der Waals surface area contributed by atoms with Crippen LogP contribution in [0.15, 0.2) is 15.0 Å². The van der Waals surface area contributed by atoms with Gasteiger partial charge in [0, 0.05) is 174 Å². The Bertz CT molecular complexity index is 912. The molecule has 0 bridgehead atoms. The largest absolute Gasteiger partial charge is 0.522 e. The predicted octanol–water partition coefficient (Wildman–Crippen LogP) is 0.960. The van der Waals surface area contributed by atoms with E-state index >= 15 is 0 Å². The van der Waals surface area contributed by atoms with Crippen molar-refractivity contribution in [3.63, 3.8) is 0 Å². The molecule has 306 valence electrons. The molecule has 0 amide bonds. The normalized spacial score (nSPS) is 11.2. The maximum atomic E-state index is 5.36. The van der Waals surface area contributed by atoms with E-state index in [9.17, 15) is 0 Å². The third kappa shape index (κ3) is 20.8. The van der Waals surface area contributed by atoms with Gasteiger partial charge in [-0.05, 0) is 6.42 Å². The third-order valence-corrected chi connectivity index (χ3v) is 15.1. The van der Waals surface area contributed by atoms with Gasteiger partial charge in [-0.25, -0.2) is 4.99 Å². The van der Waals surface area contributed by atoms with Crippen molar-refractivity contribution >= 4 is 44.3 Å². The van der Waals surface area contributed by atoms with Crippen molar-refractivity contribution in [2.75, 3.05) is 168 Å². The van der Waals surface area contributed by atoms with Crippen molar-refractivity contribution in [2.45, 2.75) is 18.5 Å². The Hall–Kier alpha value is -1.90. The lowest BCUT2D eigenvalue weighted by molar-refractivity contribution is 0.123. The molecule has 0 aromatic heterocycles. The molecule has 0 atom stereocenters. The zero-order valence-corrected chi connectivity index (χ0v) is 38.9. The van der Waals surface area contributed by atoms with Crippen LogP contribution >= 0.6 is 0 Å². The number of hydrogen-bond donors (Lipinski definition) is 0. The second kappa shape index (κ2) is 28.6. The smallest absolute Gasteiger partial charge is 0.377 e. The van der Waals surface area contributed by atoms with Crippen LogP contribution in [0, 0.1) is 0 Å². The number of aliphatic imine (C=N–C) groups is 3. The van der Waals surface area contributed by atoms with Gasteiger partial charge >= 0.3 is 26.4 Å². The highest BCUT2D eigenvalue weighted by Crippen LogP contribution is 2.15. The van der Waals surface area contributed by atoms with Gasteiger partial charge in [-0.15, -0.1) is 0 Å². The summed E-state index contributed by atoms with van der Waals surface area (Å²) in [6.07, 6.45) is 1.29. The number of hydrogen-bond acceptors (Lipinski definition) is 12. The maximum Gasteiger partial charge on any atom is 0.522 e. The minimum atomic E-state index is -2.61. The van der Waals surface area contributed by atoms with Gasteiger partial charge in [0.05, 0.1) is 0 Å². The van der Waals surface area contributed by atoms with Gasteiger partial charge in [0.2, 0.25) is 0 Å². The highest BCUT2D eigenvalue weighted by molar-refractivity contribution is 6.61. The molecule has 0 saturated carbocycles. The zero-order valence-electron chi connectivity index (χ0n) is 35.9. The highest BCUT2D eigenvalue weighted by atomic mass is 28.4. The molecule has 0 N–H and O–H groups in total. The van der Waals surface area contributed by atoms with E-state index in [4.69, 9.17) is 39.8 Å². The molecule has 0 saturated heterocycles. The summed E-state index contributed by atoms with van der Waals surface area (Å²) in [6.45, 7) is 1.35. The maximum absolute atomic E-state index is 5.36. The van der Waals surface area contributed by atoms with Gasteiger partial charge in [-0.3, -0.25) is 9.98 Å². The summed E-state index contributed by atoms with van der Waals surface area (Å²) in [7, 11) is 30.5. The van der Waals surface area contributed by atoms with E-state index in [2.05, 4.69) is 15.0 Å². The number of guanidine groups is 3. The van der Waals surface area contributed by atoms with Gasteiger partial charge in [-0.1, -0.05) is 0 Å². The van der Waals surface area contributed by atoms with Crippen LogP contribution in [0.4, 0.5) is 0 Å². The molecule has 0 unspecified atom stereocenters. The van der Waals surface area contributed by atoms with Crippen LogP contribution in [0.2, 0.25) is 12.1 Å². The van der Waals surface area contributed by atoms with Crippen molar-refractivity contribution in [3.05, 3.63) is 0 Å². The first-order chi connectivity index (χ1) is 23.8. The molecule has 51 heavy (non-hydrogen) atoms. The molecule has 0 rings (SSSR count). The lowest BCUT2D eigenvalue weighted by Crippen LogP contribution is -2.48. The zero-order chi connectivity index (χ0) is 40.4. The van der Waals surface area contributed by atoms with E-state index in [0.29, 0.717) is 18.8 Å². The van der Waals surface area contributed by atoms with Crippen LogP contribution in [0.3, 0.4) is 0 Å². The van der Waals surface area contributed by atoms with Gasteiger partial charge in [0.15, 0.2) is 17.9 Å². The topological polar surface area (TPSA) is 140 Å². The van der Waals surface area contributed by atoms with Gasteiger partial charge in [-0.2, -0.15) is 0 Å². The predicted molar refractivity (Wildman–Crippen MR) is 214 cm³/mol. The first kappa shape index (κ1) is 53.5. The van der Waals surface area contributed by atoms with Crippen molar-refractivity contribution < 1.29 is 39.8 Å². The molecule has 0 fully saturated rings. The Morgan fingerprint density at radius 2 is 0.608 bits per heavy atom. The summed E-state index contributed by atoms with van der Waals surface area (Å²) in [4.78, 5) is 25.3. The van der Waals surface area contributed by atoms with E-state index in [-0.39, 0.29) is 0 Å². The summed E-state index contributed by atoms with van der Waals surface area (Å²) < 4.78 is 48.0. The van der Waals surface area contributed by atoms with Gasteiger partial charge < -0.3 is 69.2 Å². The van der Waals surface area contributed by atoms with Crippen LogP contribution in [0.5, 0.6) is 0 Å². The summed E-state index contributed by atoms with van der Waals surface area (Å²) in [5.41, 5.74) is 0. The van der Waals surface area contributed by atoms with E-state index in [0.717, 1.165) is 36.9 Å². The Morgan fingerprint density at radius 1 is 0.353 bits per heavy atom. The second-order valence-electron chi connectivity index (χ2n) is 12.1. The minimum Gasteiger partial charge on any atom is -0.377 e. The Kier molecular flexibility index (Phi) is 30.0. The first-order valence-electron chi connectivity index (χ1n) is 16.4.